The van der Waals surface area contributed by atoms with Crippen molar-refractivity contribution in [2.75, 3.05) is 12.4 Å². The first kappa shape index (κ1) is 24.1. The van der Waals surface area contributed by atoms with Crippen molar-refractivity contribution in [1.29, 1.82) is 0 Å². The zero-order valence-corrected chi connectivity index (χ0v) is 19.8. The molecule has 0 radical (unpaired) electrons. The highest BCUT2D eigenvalue weighted by molar-refractivity contribution is 5.91. The van der Waals surface area contributed by atoms with Crippen LogP contribution in [0.2, 0.25) is 0 Å². The molecular formula is C25H34N4O5. The lowest BCUT2D eigenvalue weighted by atomic mass is 9.84. The number of benzene rings is 1. The fourth-order valence-corrected chi connectivity index (χ4v) is 4.79. The Balaban J connectivity index is 1.21. The molecule has 2 atom stereocenters. The Bertz CT molecular complexity index is 977. The van der Waals surface area contributed by atoms with Gasteiger partial charge >= 0.3 is 6.09 Å². The van der Waals surface area contributed by atoms with E-state index in [9.17, 15) is 14.7 Å². The molecule has 34 heavy (non-hydrogen) atoms. The number of amides is 2. The molecule has 2 fully saturated rings. The molecule has 1 aromatic heterocycles. The Morgan fingerprint density at radius 1 is 1.18 bits per heavy atom. The van der Waals surface area contributed by atoms with Gasteiger partial charge in [-0.15, -0.1) is 0 Å². The van der Waals surface area contributed by atoms with Gasteiger partial charge in [0, 0.05) is 23.7 Å². The van der Waals surface area contributed by atoms with E-state index in [0.717, 1.165) is 42.7 Å². The highest BCUT2D eigenvalue weighted by atomic mass is 16.6. The number of H-pyrrole nitrogens is 1. The number of carbonyl (C=O) groups excluding carboxylic acids is 2. The monoisotopic (exact) mass is 470 g/mol. The summed E-state index contributed by atoms with van der Waals surface area (Å²) >= 11 is 0. The third kappa shape index (κ3) is 6.50. The van der Waals surface area contributed by atoms with E-state index in [1.165, 1.54) is 0 Å². The van der Waals surface area contributed by atoms with Gasteiger partial charge in [-0.2, -0.15) is 5.10 Å². The van der Waals surface area contributed by atoms with Crippen molar-refractivity contribution >= 4 is 17.8 Å². The smallest absolute Gasteiger partial charge is 0.407 e. The van der Waals surface area contributed by atoms with Gasteiger partial charge in [-0.25, -0.2) is 4.79 Å². The minimum atomic E-state index is -0.626. The molecule has 2 saturated carbocycles. The average Bonchev–Trinajstić information content (AvgIpc) is 3.45. The maximum Gasteiger partial charge on any atom is 0.407 e. The number of aliphatic hydroxyl groups is 1. The number of hydrogen-bond donors (Lipinski definition) is 4. The maximum atomic E-state index is 12.4. The summed E-state index contributed by atoms with van der Waals surface area (Å²) < 4.78 is 10.8. The summed E-state index contributed by atoms with van der Waals surface area (Å²) in [5, 5.41) is 23.1. The van der Waals surface area contributed by atoms with Crippen LogP contribution in [0, 0.1) is 0 Å². The van der Waals surface area contributed by atoms with Gasteiger partial charge in [0.15, 0.2) is 5.82 Å². The third-order valence-corrected chi connectivity index (χ3v) is 6.87. The molecule has 4 N–H and O–H groups in total. The van der Waals surface area contributed by atoms with Crippen LogP contribution in [0.1, 0.15) is 69.0 Å². The highest BCUT2D eigenvalue weighted by Gasteiger charge is 2.32. The van der Waals surface area contributed by atoms with Crippen molar-refractivity contribution in [2.24, 2.45) is 0 Å². The van der Waals surface area contributed by atoms with Gasteiger partial charge in [0.2, 0.25) is 5.91 Å². The van der Waals surface area contributed by atoms with Crippen LogP contribution >= 0.6 is 0 Å². The molecule has 2 aliphatic carbocycles. The normalized spacial score (nSPS) is 26.6. The van der Waals surface area contributed by atoms with Gasteiger partial charge in [0.05, 0.1) is 19.1 Å². The summed E-state index contributed by atoms with van der Waals surface area (Å²) in [5.74, 6) is 1.29. The first-order valence-electron chi connectivity index (χ1n) is 12.0. The number of nitrogens with one attached hydrogen (secondary N) is 3. The average molecular weight is 471 g/mol. The quantitative estimate of drug-likeness (QED) is 0.489. The molecule has 1 unspecified atom stereocenters. The zero-order chi connectivity index (χ0) is 24.1. The summed E-state index contributed by atoms with van der Waals surface area (Å²) in [7, 11) is 1.61. The minimum absolute atomic E-state index is 0.0571. The number of methoxy groups -OCH3 is 1. The van der Waals surface area contributed by atoms with Crippen LogP contribution in [0.5, 0.6) is 5.75 Å². The summed E-state index contributed by atoms with van der Waals surface area (Å²) in [4.78, 5) is 24.7. The fraction of sp³-hybridized carbons (Fsp3) is 0.560. The maximum absolute atomic E-state index is 12.4. The van der Waals surface area contributed by atoms with Gasteiger partial charge in [-0.3, -0.25) is 9.89 Å². The first-order valence-corrected chi connectivity index (χ1v) is 12.0. The fourth-order valence-electron chi connectivity index (χ4n) is 4.79. The second kappa shape index (κ2) is 10.5. The molecule has 1 heterocycles. The van der Waals surface area contributed by atoms with Gasteiger partial charge in [0.1, 0.15) is 11.9 Å². The summed E-state index contributed by atoms with van der Waals surface area (Å²) in [5.41, 5.74) is 1.20. The summed E-state index contributed by atoms with van der Waals surface area (Å²) in [6.45, 7) is 1.84. The Morgan fingerprint density at radius 2 is 1.91 bits per heavy atom. The van der Waals surface area contributed by atoms with Gasteiger partial charge in [-0.1, -0.05) is 12.1 Å². The van der Waals surface area contributed by atoms with Gasteiger partial charge in [-0.05, 0) is 69.6 Å². The van der Waals surface area contributed by atoms with Crippen molar-refractivity contribution in [1.82, 2.24) is 15.5 Å². The zero-order valence-electron chi connectivity index (χ0n) is 19.8. The number of anilines is 1. The molecule has 0 spiro atoms. The van der Waals surface area contributed by atoms with Crippen molar-refractivity contribution in [3.8, 4) is 5.75 Å². The van der Waals surface area contributed by atoms with E-state index in [2.05, 4.69) is 20.8 Å². The number of alkyl carbamates (subject to hydrolysis) is 1. The molecule has 0 aliphatic heterocycles. The van der Waals surface area contributed by atoms with E-state index >= 15 is 0 Å². The van der Waals surface area contributed by atoms with Crippen LogP contribution in [-0.4, -0.2) is 52.2 Å². The van der Waals surface area contributed by atoms with Crippen LogP contribution in [0.4, 0.5) is 10.6 Å². The van der Waals surface area contributed by atoms with Crippen LogP contribution in [-0.2, 0) is 16.0 Å². The molecular weight excluding hydrogens is 436 g/mol. The van der Waals surface area contributed by atoms with Gasteiger partial charge < -0.3 is 25.2 Å². The molecule has 4 rings (SSSR count). The van der Waals surface area contributed by atoms with E-state index in [0.29, 0.717) is 25.1 Å². The van der Waals surface area contributed by atoms with E-state index in [4.69, 9.17) is 9.47 Å². The molecule has 0 bridgehead atoms. The molecule has 0 saturated heterocycles. The Hall–Kier alpha value is -3.07. The minimum Gasteiger partial charge on any atom is -0.497 e. The molecule has 1 aromatic carbocycles. The predicted octanol–water partition coefficient (Wildman–Crippen LogP) is 3.66. The lowest BCUT2D eigenvalue weighted by Gasteiger charge is -2.33. The SMILES string of the molecule is COc1ccc(CC(=O)Nc2cc([C@H]3CCC(OC(=O)N[C@H]4CC[C@@](C)(O)CC4)C3)[nH]n2)cc1. The van der Waals surface area contributed by atoms with Crippen molar-refractivity contribution in [3.05, 3.63) is 41.6 Å². The predicted molar refractivity (Wildman–Crippen MR) is 127 cm³/mol. The lowest BCUT2D eigenvalue weighted by molar-refractivity contribution is -0.115. The van der Waals surface area contributed by atoms with E-state index < -0.39 is 5.60 Å². The summed E-state index contributed by atoms with van der Waals surface area (Å²) in [6, 6.07) is 9.29. The Morgan fingerprint density at radius 3 is 2.62 bits per heavy atom. The van der Waals surface area contributed by atoms with Crippen molar-refractivity contribution in [2.45, 2.75) is 82.0 Å². The van der Waals surface area contributed by atoms with Crippen LogP contribution < -0.4 is 15.4 Å². The number of ether oxygens (including phenoxy) is 2. The van der Waals surface area contributed by atoms with Crippen LogP contribution in [0.15, 0.2) is 30.3 Å². The Kier molecular flexibility index (Phi) is 7.41. The van der Waals surface area contributed by atoms with Gasteiger partial charge in [0.25, 0.3) is 0 Å². The molecule has 2 aliphatic rings. The number of rotatable bonds is 7. The lowest BCUT2D eigenvalue weighted by Crippen LogP contribution is -2.43. The number of carbonyl (C=O) groups is 2. The third-order valence-electron chi connectivity index (χ3n) is 6.87. The first-order chi connectivity index (χ1) is 16.3. The second-order valence-corrected chi connectivity index (χ2v) is 9.73. The van der Waals surface area contributed by atoms with E-state index in [1.807, 2.05) is 37.3 Å². The van der Waals surface area contributed by atoms with Crippen LogP contribution in [0.25, 0.3) is 0 Å². The van der Waals surface area contributed by atoms with Crippen LogP contribution in [0.3, 0.4) is 0 Å². The topological polar surface area (TPSA) is 126 Å². The second-order valence-electron chi connectivity index (χ2n) is 9.73. The van der Waals surface area contributed by atoms with E-state index in [1.54, 1.807) is 7.11 Å². The summed E-state index contributed by atoms with van der Waals surface area (Å²) in [6.07, 6.45) is 4.99. The number of nitrogens with zero attached hydrogens (tertiary/aromatic N) is 1. The standard InChI is InChI=1S/C25H34N4O5/c1-25(32)11-9-18(10-12-25)26-24(31)34-20-8-5-17(14-20)21-15-22(29-28-21)27-23(30)13-16-3-6-19(33-2)7-4-16/h3-4,6-7,15,17-18,20,32H,5,8-14H2,1-2H3,(H,26,31)(H2,27,28,29,30)/t17-,18-,20?,25+/m0/s1. The molecule has 2 amide bonds. The Labute approximate surface area is 199 Å². The van der Waals surface area contributed by atoms with Crippen molar-refractivity contribution < 1.29 is 24.2 Å². The highest BCUT2D eigenvalue weighted by Crippen LogP contribution is 2.36. The number of aromatic amines is 1. The van der Waals surface area contributed by atoms with E-state index in [-0.39, 0.29) is 36.5 Å². The molecule has 9 heteroatoms. The molecule has 9 nitrogen and oxygen atoms in total. The molecule has 184 valence electrons. The molecule has 2 aromatic rings. The largest absolute Gasteiger partial charge is 0.497 e. The number of aromatic nitrogens is 2. The number of hydrogen-bond acceptors (Lipinski definition) is 6. The van der Waals surface area contributed by atoms with Crippen molar-refractivity contribution in [3.63, 3.8) is 0 Å².